The third-order valence-corrected chi connectivity index (χ3v) is 2.23. The van der Waals surface area contributed by atoms with Crippen LogP contribution in [0.5, 0.6) is 5.88 Å². The maximum absolute atomic E-state index is 11.4. The lowest BCUT2D eigenvalue weighted by atomic mass is 10.0. The predicted octanol–water partition coefficient (Wildman–Crippen LogP) is 1.13. The van der Waals surface area contributed by atoms with Gasteiger partial charge in [0.1, 0.15) is 11.6 Å². The zero-order valence-electron chi connectivity index (χ0n) is 8.47. The average molecular weight is 192 g/mol. The monoisotopic (exact) mass is 192 g/mol. The molecule has 0 aromatic carbocycles. The highest BCUT2D eigenvalue weighted by molar-refractivity contribution is 5.44. The van der Waals surface area contributed by atoms with Gasteiger partial charge in [-0.2, -0.15) is 5.26 Å². The molecule has 0 spiro atoms. The molecule has 1 heterocycles. The Bertz CT molecular complexity index is 441. The summed E-state index contributed by atoms with van der Waals surface area (Å²) in [6.45, 7) is 3.71. The number of aromatic amines is 1. The van der Waals surface area contributed by atoms with Crippen molar-refractivity contribution in [2.45, 2.75) is 20.3 Å². The normalized spacial score (nSPS) is 9.57. The maximum Gasteiger partial charge on any atom is 0.268 e. The Morgan fingerprint density at radius 1 is 1.57 bits per heavy atom. The summed E-state index contributed by atoms with van der Waals surface area (Å²) < 4.78 is 5.03. The fraction of sp³-hybridized carbons (Fsp3) is 0.400. The number of nitrogens with one attached hydrogen (secondary N) is 1. The number of pyridine rings is 1. The SMILES string of the molecule is CCc1c(OC)[nH]c(=O)c(C#N)c1C. The quantitative estimate of drug-likeness (QED) is 0.763. The molecular formula is C10H12N2O2. The first-order chi connectivity index (χ1) is 6.65. The number of nitrogens with zero attached hydrogens (tertiary/aromatic N) is 1. The van der Waals surface area contributed by atoms with Crippen molar-refractivity contribution in [3.05, 3.63) is 27.0 Å². The van der Waals surface area contributed by atoms with Crippen LogP contribution in [0.25, 0.3) is 0 Å². The van der Waals surface area contributed by atoms with E-state index in [1.54, 1.807) is 6.92 Å². The second-order valence-corrected chi connectivity index (χ2v) is 2.93. The van der Waals surface area contributed by atoms with Crippen molar-refractivity contribution in [3.8, 4) is 11.9 Å². The van der Waals surface area contributed by atoms with Crippen molar-refractivity contribution >= 4 is 0 Å². The Hall–Kier alpha value is -1.76. The van der Waals surface area contributed by atoms with Gasteiger partial charge in [-0.05, 0) is 18.9 Å². The molecule has 1 rings (SSSR count). The first-order valence-corrected chi connectivity index (χ1v) is 4.35. The van der Waals surface area contributed by atoms with Crippen molar-refractivity contribution in [1.29, 1.82) is 5.26 Å². The van der Waals surface area contributed by atoms with Gasteiger partial charge in [0.05, 0.1) is 7.11 Å². The first kappa shape index (κ1) is 10.3. The Morgan fingerprint density at radius 3 is 2.64 bits per heavy atom. The van der Waals surface area contributed by atoms with Crippen LogP contribution in [-0.2, 0) is 6.42 Å². The van der Waals surface area contributed by atoms with Crippen LogP contribution in [0.15, 0.2) is 4.79 Å². The van der Waals surface area contributed by atoms with Crippen molar-refractivity contribution < 1.29 is 4.74 Å². The third-order valence-electron chi connectivity index (χ3n) is 2.23. The molecule has 0 bridgehead atoms. The minimum atomic E-state index is -0.390. The van der Waals surface area contributed by atoms with Gasteiger partial charge in [-0.15, -0.1) is 0 Å². The van der Waals surface area contributed by atoms with Crippen molar-refractivity contribution in [2.75, 3.05) is 7.11 Å². The van der Waals surface area contributed by atoms with Gasteiger partial charge in [0, 0.05) is 5.56 Å². The van der Waals surface area contributed by atoms with Crippen molar-refractivity contribution in [1.82, 2.24) is 4.98 Å². The van der Waals surface area contributed by atoms with Gasteiger partial charge in [0.2, 0.25) is 0 Å². The van der Waals surface area contributed by atoms with Crippen LogP contribution in [0, 0.1) is 18.3 Å². The summed E-state index contributed by atoms with van der Waals surface area (Å²) in [6, 6.07) is 1.89. The first-order valence-electron chi connectivity index (χ1n) is 4.35. The minimum Gasteiger partial charge on any atom is -0.482 e. The minimum absolute atomic E-state index is 0.169. The predicted molar refractivity (Wildman–Crippen MR) is 52.4 cm³/mol. The van der Waals surface area contributed by atoms with E-state index in [2.05, 4.69) is 4.98 Å². The summed E-state index contributed by atoms with van der Waals surface area (Å²) in [4.78, 5) is 13.9. The van der Waals surface area contributed by atoms with Gasteiger partial charge in [0.15, 0.2) is 5.88 Å². The molecule has 14 heavy (non-hydrogen) atoms. The van der Waals surface area contributed by atoms with Gasteiger partial charge in [-0.3, -0.25) is 9.78 Å². The lowest BCUT2D eigenvalue weighted by Crippen LogP contribution is -2.15. The average Bonchev–Trinajstić information content (AvgIpc) is 2.17. The van der Waals surface area contributed by atoms with E-state index in [0.717, 1.165) is 12.0 Å². The smallest absolute Gasteiger partial charge is 0.268 e. The molecule has 0 aliphatic carbocycles. The highest BCUT2D eigenvalue weighted by Gasteiger charge is 2.12. The second-order valence-electron chi connectivity index (χ2n) is 2.93. The van der Waals surface area contributed by atoms with Gasteiger partial charge in [-0.25, -0.2) is 0 Å². The number of methoxy groups -OCH3 is 1. The molecule has 1 aromatic rings. The van der Waals surface area contributed by atoms with Gasteiger partial charge in [0.25, 0.3) is 5.56 Å². The number of nitriles is 1. The van der Waals surface area contributed by atoms with Gasteiger partial charge in [-0.1, -0.05) is 6.92 Å². The van der Waals surface area contributed by atoms with Crippen LogP contribution in [0.3, 0.4) is 0 Å². The van der Waals surface area contributed by atoms with Crippen LogP contribution >= 0.6 is 0 Å². The standard InChI is InChI=1S/C10H12N2O2/c1-4-7-6(2)8(5-11)9(13)12-10(7)14-3/h4H2,1-3H3,(H,12,13). The molecule has 74 valence electrons. The molecule has 4 nitrogen and oxygen atoms in total. The summed E-state index contributed by atoms with van der Waals surface area (Å²) in [7, 11) is 1.50. The van der Waals surface area contributed by atoms with E-state index < -0.39 is 0 Å². The van der Waals surface area contributed by atoms with E-state index >= 15 is 0 Å². The van der Waals surface area contributed by atoms with Crippen LogP contribution in [-0.4, -0.2) is 12.1 Å². The Labute approximate surface area is 82.1 Å². The van der Waals surface area contributed by atoms with E-state index in [1.807, 2.05) is 13.0 Å². The highest BCUT2D eigenvalue weighted by Crippen LogP contribution is 2.19. The summed E-state index contributed by atoms with van der Waals surface area (Å²) in [6.07, 6.45) is 0.723. The van der Waals surface area contributed by atoms with Crippen LogP contribution in [0.4, 0.5) is 0 Å². The zero-order chi connectivity index (χ0) is 10.7. The maximum atomic E-state index is 11.4. The lowest BCUT2D eigenvalue weighted by Gasteiger charge is -2.09. The molecule has 1 N–H and O–H groups in total. The second kappa shape index (κ2) is 3.97. The summed E-state index contributed by atoms with van der Waals surface area (Å²) in [5.41, 5.74) is 1.36. The third kappa shape index (κ3) is 1.49. The van der Waals surface area contributed by atoms with E-state index in [1.165, 1.54) is 7.11 Å². The van der Waals surface area contributed by atoms with Gasteiger partial charge >= 0.3 is 0 Å². The van der Waals surface area contributed by atoms with Crippen LogP contribution < -0.4 is 10.3 Å². The number of ether oxygens (including phenoxy) is 1. The molecule has 0 aliphatic rings. The fourth-order valence-electron chi connectivity index (χ4n) is 1.47. The topological polar surface area (TPSA) is 65.9 Å². The van der Waals surface area contributed by atoms with E-state index in [4.69, 9.17) is 10.00 Å². The van der Waals surface area contributed by atoms with Crippen molar-refractivity contribution in [3.63, 3.8) is 0 Å². The summed E-state index contributed by atoms with van der Waals surface area (Å²) in [5.74, 6) is 0.453. The Balaban J connectivity index is 3.58. The fourth-order valence-corrected chi connectivity index (χ4v) is 1.47. The Morgan fingerprint density at radius 2 is 2.21 bits per heavy atom. The number of hydrogen-bond acceptors (Lipinski definition) is 3. The number of H-pyrrole nitrogens is 1. The Kier molecular flexibility index (Phi) is 2.92. The number of rotatable bonds is 2. The molecule has 1 aromatic heterocycles. The van der Waals surface area contributed by atoms with E-state index in [-0.39, 0.29) is 11.1 Å². The molecule has 4 heteroatoms. The number of aromatic nitrogens is 1. The summed E-state index contributed by atoms with van der Waals surface area (Å²) >= 11 is 0. The molecule has 0 unspecified atom stereocenters. The molecule has 0 amide bonds. The molecule has 0 aliphatic heterocycles. The van der Waals surface area contributed by atoms with Crippen LogP contribution in [0.1, 0.15) is 23.6 Å². The van der Waals surface area contributed by atoms with Crippen molar-refractivity contribution in [2.24, 2.45) is 0 Å². The molecule has 0 atom stereocenters. The number of hydrogen-bond donors (Lipinski definition) is 1. The largest absolute Gasteiger partial charge is 0.482 e. The molecule has 0 saturated carbocycles. The summed E-state index contributed by atoms with van der Waals surface area (Å²) in [5, 5.41) is 8.77. The van der Waals surface area contributed by atoms with Gasteiger partial charge < -0.3 is 4.74 Å². The van der Waals surface area contributed by atoms with Crippen LogP contribution in [0.2, 0.25) is 0 Å². The molecular weight excluding hydrogens is 180 g/mol. The molecule has 0 fully saturated rings. The van der Waals surface area contributed by atoms with E-state index in [9.17, 15) is 4.79 Å². The zero-order valence-corrected chi connectivity index (χ0v) is 8.47. The highest BCUT2D eigenvalue weighted by atomic mass is 16.5. The molecule has 0 saturated heterocycles. The van der Waals surface area contributed by atoms with E-state index in [0.29, 0.717) is 11.4 Å². The molecule has 0 radical (unpaired) electrons. The lowest BCUT2D eigenvalue weighted by molar-refractivity contribution is 0.391.